The molecule has 0 amide bonds. The van der Waals surface area contributed by atoms with E-state index in [-0.39, 0.29) is 42.3 Å². The van der Waals surface area contributed by atoms with Gasteiger partial charge in [0.15, 0.2) is 0 Å². The lowest BCUT2D eigenvalue weighted by Gasteiger charge is -2.43. The zero-order valence-electron chi connectivity index (χ0n) is 16.6. The Kier molecular flexibility index (Phi) is 5.56. The number of hydrazine groups is 1. The third-order valence-corrected chi connectivity index (χ3v) is 5.82. The third-order valence-electron chi connectivity index (χ3n) is 5.82. The monoisotopic (exact) mass is 403 g/mol. The Balaban J connectivity index is 1.58. The molecule has 2 fully saturated rings. The minimum absolute atomic E-state index is 0.00310. The first-order chi connectivity index (χ1) is 14.0. The van der Waals surface area contributed by atoms with Gasteiger partial charge < -0.3 is 14.9 Å². The molecule has 2 heterocycles. The molecule has 1 aromatic carbocycles. The number of hydrogen-bond acceptors (Lipinski definition) is 7. The summed E-state index contributed by atoms with van der Waals surface area (Å²) in [6, 6.07) is 6.34. The lowest BCUT2D eigenvalue weighted by atomic mass is 9.91. The van der Waals surface area contributed by atoms with Crippen LogP contribution in [0.2, 0.25) is 0 Å². The number of ether oxygens (including phenoxy) is 2. The van der Waals surface area contributed by atoms with Crippen LogP contribution in [0.15, 0.2) is 36.0 Å². The number of hydrogen-bond donors (Lipinski definition) is 2. The lowest BCUT2D eigenvalue weighted by Crippen LogP contribution is -2.59. The van der Waals surface area contributed by atoms with Crippen LogP contribution in [0.4, 0.5) is 4.39 Å². The summed E-state index contributed by atoms with van der Waals surface area (Å²) in [5.41, 5.74) is 4.44. The Morgan fingerprint density at radius 1 is 1.21 bits per heavy atom. The van der Waals surface area contributed by atoms with E-state index < -0.39 is 12.1 Å². The van der Waals surface area contributed by atoms with Crippen LogP contribution in [0.5, 0.6) is 0 Å². The minimum atomic E-state index is -0.412. The molecule has 2 aliphatic heterocycles. The molecule has 1 saturated carbocycles. The topological polar surface area (TPSA) is 79.9 Å². The van der Waals surface area contributed by atoms with Gasteiger partial charge in [-0.05, 0) is 50.3 Å². The van der Waals surface area contributed by atoms with Crippen LogP contribution < -0.4 is 10.7 Å². The van der Waals surface area contributed by atoms with Gasteiger partial charge in [0.1, 0.15) is 12.0 Å². The van der Waals surface area contributed by atoms with Crippen molar-refractivity contribution in [1.29, 1.82) is 0 Å². The highest BCUT2D eigenvalue weighted by Gasteiger charge is 2.53. The molecule has 0 bridgehead atoms. The molecular formula is C21H26FN3O4. The zero-order chi connectivity index (χ0) is 20.5. The molecule has 8 heteroatoms. The number of carbonyl (C=O) groups excluding carboxylic acids is 2. The summed E-state index contributed by atoms with van der Waals surface area (Å²) >= 11 is 0. The van der Waals surface area contributed by atoms with Gasteiger partial charge in [0, 0.05) is 12.2 Å². The number of nitrogens with zero attached hydrogens (tertiary/aromatic N) is 1. The third kappa shape index (κ3) is 3.86. The van der Waals surface area contributed by atoms with Gasteiger partial charge in [-0.25, -0.2) is 9.18 Å². The summed E-state index contributed by atoms with van der Waals surface area (Å²) in [4.78, 5) is 24.5. The Bertz CT molecular complexity index is 830. The highest BCUT2D eigenvalue weighted by Crippen LogP contribution is 2.47. The Morgan fingerprint density at radius 3 is 2.72 bits per heavy atom. The average Bonchev–Trinajstić information content (AvgIpc) is 3.39. The van der Waals surface area contributed by atoms with E-state index in [9.17, 15) is 14.0 Å². The molecule has 1 aliphatic carbocycles. The van der Waals surface area contributed by atoms with E-state index in [1.54, 1.807) is 26.1 Å². The summed E-state index contributed by atoms with van der Waals surface area (Å²) < 4.78 is 24.2. The molecule has 5 unspecified atom stereocenters. The van der Waals surface area contributed by atoms with E-state index in [0.717, 1.165) is 12.0 Å². The van der Waals surface area contributed by atoms with E-state index in [1.165, 1.54) is 12.1 Å². The number of carbonyl (C=O) groups is 2. The fourth-order valence-corrected chi connectivity index (χ4v) is 4.39. The maximum Gasteiger partial charge on any atom is 0.338 e. The van der Waals surface area contributed by atoms with E-state index >= 15 is 0 Å². The van der Waals surface area contributed by atoms with Crippen LogP contribution in [-0.4, -0.2) is 42.4 Å². The molecular weight excluding hydrogens is 377 g/mol. The molecule has 0 aromatic heterocycles. The van der Waals surface area contributed by atoms with Crippen LogP contribution in [0.1, 0.15) is 38.3 Å². The molecule has 0 spiro atoms. The van der Waals surface area contributed by atoms with E-state index in [1.807, 2.05) is 11.1 Å². The molecule has 29 heavy (non-hydrogen) atoms. The first kappa shape index (κ1) is 19.8. The second kappa shape index (κ2) is 8.12. The molecule has 4 rings (SSSR count). The van der Waals surface area contributed by atoms with Gasteiger partial charge in [0.25, 0.3) is 0 Å². The van der Waals surface area contributed by atoms with Crippen molar-refractivity contribution in [2.45, 2.75) is 44.9 Å². The van der Waals surface area contributed by atoms with Crippen LogP contribution >= 0.6 is 0 Å². The van der Waals surface area contributed by atoms with E-state index in [2.05, 4.69) is 10.7 Å². The van der Waals surface area contributed by atoms with Crippen molar-refractivity contribution in [1.82, 2.24) is 15.8 Å². The summed E-state index contributed by atoms with van der Waals surface area (Å²) in [6.07, 6.45) is 2.66. The van der Waals surface area contributed by atoms with Crippen molar-refractivity contribution >= 4 is 11.9 Å². The summed E-state index contributed by atoms with van der Waals surface area (Å²) in [5, 5.41) is 5.42. The Morgan fingerprint density at radius 2 is 2.00 bits per heavy atom. The van der Waals surface area contributed by atoms with Crippen molar-refractivity contribution in [3.63, 3.8) is 0 Å². The average molecular weight is 403 g/mol. The van der Waals surface area contributed by atoms with E-state index in [0.29, 0.717) is 18.6 Å². The summed E-state index contributed by atoms with van der Waals surface area (Å²) in [7, 11) is 0. The highest BCUT2D eigenvalue weighted by molar-refractivity contribution is 5.90. The fraction of sp³-hybridized carbons (Fsp3) is 0.524. The first-order valence-corrected chi connectivity index (χ1v) is 10.1. The van der Waals surface area contributed by atoms with Crippen molar-refractivity contribution in [2.24, 2.45) is 11.8 Å². The number of fused-ring (bicyclic) bond motifs is 1. The van der Waals surface area contributed by atoms with Gasteiger partial charge in [-0.3, -0.25) is 10.1 Å². The summed E-state index contributed by atoms with van der Waals surface area (Å²) in [6.45, 7) is 4.21. The predicted molar refractivity (Wildman–Crippen MR) is 102 cm³/mol. The van der Waals surface area contributed by atoms with Gasteiger partial charge in [-0.1, -0.05) is 12.1 Å². The lowest BCUT2D eigenvalue weighted by molar-refractivity contribution is -0.145. The summed E-state index contributed by atoms with van der Waals surface area (Å²) in [5.74, 6) is -0.860. The minimum Gasteiger partial charge on any atom is -0.466 e. The number of benzene rings is 1. The molecule has 156 valence electrons. The molecule has 0 radical (unpaired) electrons. The van der Waals surface area contributed by atoms with Crippen LogP contribution in [-0.2, 0) is 19.1 Å². The second-order valence-electron chi connectivity index (χ2n) is 7.60. The van der Waals surface area contributed by atoms with Crippen LogP contribution in [0.25, 0.3) is 0 Å². The first-order valence-electron chi connectivity index (χ1n) is 10.1. The highest BCUT2D eigenvalue weighted by atomic mass is 19.1. The van der Waals surface area contributed by atoms with Gasteiger partial charge in [-0.2, -0.15) is 5.01 Å². The number of esters is 2. The maximum absolute atomic E-state index is 13.9. The van der Waals surface area contributed by atoms with Gasteiger partial charge in [-0.15, -0.1) is 0 Å². The van der Waals surface area contributed by atoms with E-state index in [4.69, 9.17) is 9.47 Å². The smallest absolute Gasteiger partial charge is 0.338 e. The molecule has 5 atom stereocenters. The SMILES string of the molecule is CCOC(=O)C1=CNN2C1NC(C1CC1C(=O)OCC)CC2c1cccc(F)c1. The Labute approximate surface area is 169 Å². The van der Waals surface area contributed by atoms with Crippen LogP contribution in [0, 0.1) is 17.7 Å². The van der Waals surface area contributed by atoms with Crippen molar-refractivity contribution in [2.75, 3.05) is 13.2 Å². The van der Waals surface area contributed by atoms with Crippen molar-refractivity contribution in [3.8, 4) is 0 Å². The Hall–Kier alpha value is -2.45. The maximum atomic E-state index is 13.9. The quantitative estimate of drug-likeness (QED) is 0.704. The predicted octanol–water partition coefficient (Wildman–Crippen LogP) is 2.02. The number of rotatable bonds is 6. The molecule has 2 N–H and O–H groups in total. The largest absolute Gasteiger partial charge is 0.466 e. The molecule has 1 aromatic rings. The molecule has 7 nitrogen and oxygen atoms in total. The standard InChI is InChI=1S/C21H26FN3O4/c1-3-28-20(26)15-9-14(15)17-10-18(12-6-5-7-13(22)8-12)25-19(24-17)16(11-23-25)21(27)29-4-2/h5-8,11,14-15,17-19,23-24H,3-4,9-10H2,1-2H3. The van der Waals surface area contributed by atoms with Crippen molar-refractivity contribution in [3.05, 3.63) is 47.4 Å². The van der Waals surface area contributed by atoms with Gasteiger partial charge >= 0.3 is 11.9 Å². The number of halogens is 1. The van der Waals surface area contributed by atoms with Crippen LogP contribution in [0.3, 0.4) is 0 Å². The van der Waals surface area contributed by atoms with Crippen molar-refractivity contribution < 1.29 is 23.5 Å². The number of nitrogens with one attached hydrogen (secondary N) is 2. The molecule has 1 saturated heterocycles. The van der Waals surface area contributed by atoms with Gasteiger partial charge in [0.05, 0.1) is 30.7 Å². The van der Waals surface area contributed by atoms with Gasteiger partial charge in [0.2, 0.25) is 0 Å². The normalized spacial score (nSPS) is 30.7. The molecule has 3 aliphatic rings. The fourth-order valence-electron chi connectivity index (χ4n) is 4.39. The zero-order valence-corrected chi connectivity index (χ0v) is 16.6. The second-order valence-corrected chi connectivity index (χ2v) is 7.60.